The molecular weight excluding hydrogens is 288 g/mol. The van der Waals surface area contributed by atoms with Crippen LogP contribution in [0.1, 0.15) is 29.6 Å². The number of nitro benzene ring substituents is 1. The van der Waals surface area contributed by atoms with Crippen LogP contribution in [0.15, 0.2) is 12.1 Å². The molecule has 1 aliphatic rings. The molecule has 0 radical (unpaired) electrons. The fourth-order valence-electron chi connectivity index (χ4n) is 2.05. The third-order valence-corrected chi connectivity index (χ3v) is 3.15. The number of hydrogen-bond acceptors (Lipinski definition) is 5. The lowest BCUT2D eigenvalue weighted by Gasteiger charge is -2.22. The summed E-state index contributed by atoms with van der Waals surface area (Å²) in [7, 11) is 0. The van der Waals surface area contributed by atoms with Gasteiger partial charge in [0.2, 0.25) is 5.82 Å². The van der Waals surface area contributed by atoms with Crippen LogP contribution in [0.2, 0.25) is 0 Å². The quantitative estimate of drug-likeness (QED) is 0.485. The minimum atomic E-state index is -1.53. The summed E-state index contributed by atoms with van der Waals surface area (Å²) < 4.78 is 37.4. The van der Waals surface area contributed by atoms with Gasteiger partial charge in [-0.15, -0.1) is 0 Å². The van der Waals surface area contributed by atoms with Crippen LogP contribution in [0.5, 0.6) is 0 Å². The molecule has 0 saturated carbocycles. The molecule has 1 aromatic carbocycles. The summed E-state index contributed by atoms with van der Waals surface area (Å²) in [4.78, 5) is 21.3. The van der Waals surface area contributed by atoms with Crippen LogP contribution in [0.3, 0.4) is 0 Å². The molecule has 0 aromatic heterocycles. The molecule has 1 unspecified atom stereocenters. The van der Waals surface area contributed by atoms with E-state index in [0.717, 1.165) is 12.8 Å². The van der Waals surface area contributed by atoms with Crippen molar-refractivity contribution >= 4 is 11.7 Å². The Hall–Kier alpha value is -2.09. The zero-order valence-corrected chi connectivity index (χ0v) is 11.0. The zero-order valence-electron chi connectivity index (χ0n) is 11.0. The third-order valence-electron chi connectivity index (χ3n) is 3.15. The molecule has 1 atom stereocenters. The number of carbonyl (C=O) groups is 1. The largest absolute Gasteiger partial charge is 0.459 e. The maximum Gasteiger partial charge on any atom is 0.344 e. The van der Waals surface area contributed by atoms with Gasteiger partial charge < -0.3 is 9.47 Å². The van der Waals surface area contributed by atoms with Gasteiger partial charge in [-0.1, -0.05) is 0 Å². The molecule has 0 aliphatic carbocycles. The maximum absolute atomic E-state index is 13.8. The van der Waals surface area contributed by atoms with Crippen molar-refractivity contribution in [2.75, 3.05) is 13.2 Å². The number of carbonyl (C=O) groups excluding carboxylic acids is 1. The lowest BCUT2D eigenvalue weighted by molar-refractivity contribution is -0.387. The highest BCUT2D eigenvalue weighted by molar-refractivity contribution is 5.90. The molecule has 2 rings (SSSR count). The molecule has 1 fully saturated rings. The van der Waals surface area contributed by atoms with Gasteiger partial charge in [0.15, 0.2) is 0 Å². The van der Waals surface area contributed by atoms with Gasteiger partial charge in [0.25, 0.3) is 0 Å². The number of halogens is 2. The number of rotatable bonds is 4. The molecule has 114 valence electrons. The van der Waals surface area contributed by atoms with Gasteiger partial charge in [-0.3, -0.25) is 10.1 Å². The average molecular weight is 301 g/mol. The van der Waals surface area contributed by atoms with Gasteiger partial charge in [-0.05, 0) is 25.3 Å². The fourth-order valence-corrected chi connectivity index (χ4v) is 2.05. The molecule has 21 heavy (non-hydrogen) atoms. The first-order chi connectivity index (χ1) is 10.0. The smallest absolute Gasteiger partial charge is 0.344 e. The van der Waals surface area contributed by atoms with Crippen LogP contribution in [0.4, 0.5) is 14.5 Å². The summed E-state index contributed by atoms with van der Waals surface area (Å²) in [6.07, 6.45) is 2.21. The summed E-state index contributed by atoms with van der Waals surface area (Å²) in [6, 6.07) is 1.32. The van der Waals surface area contributed by atoms with Gasteiger partial charge in [0.05, 0.1) is 11.0 Å². The normalized spacial score (nSPS) is 18.3. The minimum absolute atomic E-state index is 0.138. The maximum atomic E-state index is 13.8. The monoisotopic (exact) mass is 301 g/mol. The molecular formula is C13H13F2NO5. The van der Waals surface area contributed by atoms with E-state index in [1.54, 1.807) is 0 Å². The number of nitrogens with zero attached hydrogens (tertiary/aromatic N) is 1. The highest BCUT2D eigenvalue weighted by Gasteiger charge is 2.28. The first-order valence-corrected chi connectivity index (χ1v) is 6.42. The van der Waals surface area contributed by atoms with Crippen LogP contribution in [-0.4, -0.2) is 30.2 Å². The second-order valence-corrected chi connectivity index (χ2v) is 4.60. The zero-order chi connectivity index (χ0) is 15.4. The van der Waals surface area contributed by atoms with E-state index in [0.29, 0.717) is 25.2 Å². The lowest BCUT2D eigenvalue weighted by atomic mass is 10.1. The Kier molecular flexibility index (Phi) is 4.79. The van der Waals surface area contributed by atoms with Crippen LogP contribution in [0.25, 0.3) is 0 Å². The number of esters is 1. The minimum Gasteiger partial charge on any atom is -0.459 e. The highest BCUT2D eigenvalue weighted by Crippen LogP contribution is 2.24. The first kappa shape index (κ1) is 15.3. The molecule has 1 aliphatic heterocycles. The van der Waals surface area contributed by atoms with E-state index in [2.05, 4.69) is 0 Å². The van der Waals surface area contributed by atoms with E-state index in [9.17, 15) is 23.7 Å². The van der Waals surface area contributed by atoms with Gasteiger partial charge in [-0.25, -0.2) is 9.18 Å². The molecule has 0 N–H and O–H groups in total. The van der Waals surface area contributed by atoms with E-state index in [-0.39, 0.29) is 12.7 Å². The van der Waals surface area contributed by atoms with Gasteiger partial charge in [0, 0.05) is 12.7 Å². The van der Waals surface area contributed by atoms with Crippen LogP contribution >= 0.6 is 0 Å². The Bertz CT molecular complexity index is 558. The predicted octanol–water partition coefficient (Wildman–Crippen LogP) is 2.60. The number of benzene rings is 1. The highest BCUT2D eigenvalue weighted by atomic mass is 19.1. The lowest BCUT2D eigenvalue weighted by Crippen LogP contribution is -2.26. The molecule has 1 aromatic rings. The SMILES string of the molecule is O=C(OCC1CCCCO1)c1c(F)ccc([N+](=O)[O-])c1F. The Morgan fingerprint density at radius 3 is 2.81 bits per heavy atom. The molecule has 6 nitrogen and oxygen atoms in total. The van der Waals surface area contributed by atoms with Crippen molar-refractivity contribution in [1.82, 2.24) is 0 Å². The molecule has 1 heterocycles. The van der Waals surface area contributed by atoms with Crippen molar-refractivity contribution in [2.24, 2.45) is 0 Å². The van der Waals surface area contributed by atoms with Crippen LogP contribution < -0.4 is 0 Å². The van der Waals surface area contributed by atoms with Gasteiger partial charge in [0.1, 0.15) is 18.0 Å². The first-order valence-electron chi connectivity index (χ1n) is 6.42. The van der Waals surface area contributed by atoms with E-state index in [4.69, 9.17) is 9.47 Å². The topological polar surface area (TPSA) is 78.7 Å². The van der Waals surface area contributed by atoms with E-state index in [1.165, 1.54) is 0 Å². The standard InChI is InChI=1S/C13H13F2NO5/c14-9-4-5-10(16(18)19)12(15)11(9)13(17)21-7-8-3-1-2-6-20-8/h4-5,8H,1-3,6-7H2. The molecule has 8 heteroatoms. The van der Waals surface area contributed by atoms with Crippen molar-refractivity contribution in [2.45, 2.75) is 25.4 Å². The Labute approximate surface area is 118 Å². The van der Waals surface area contributed by atoms with Crippen molar-refractivity contribution in [3.05, 3.63) is 39.4 Å². The van der Waals surface area contributed by atoms with Crippen molar-refractivity contribution < 1.29 is 28.0 Å². The molecule has 0 spiro atoms. The Balaban J connectivity index is 2.11. The number of nitro groups is 1. The van der Waals surface area contributed by atoms with Crippen LogP contribution in [-0.2, 0) is 9.47 Å². The van der Waals surface area contributed by atoms with Crippen molar-refractivity contribution in [3.8, 4) is 0 Å². The molecule has 0 bridgehead atoms. The van der Waals surface area contributed by atoms with Crippen LogP contribution in [0, 0.1) is 21.7 Å². The third kappa shape index (κ3) is 3.52. The Morgan fingerprint density at radius 1 is 1.43 bits per heavy atom. The Morgan fingerprint density at radius 2 is 2.19 bits per heavy atom. The number of ether oxygens (including phenoxy) is 2. The predicted molar refractivity (Wildman–Crippen MR) is 66.9 cm³/mol. The summed E-state index contributed by atoms with van der Waals surface area (Å²) in [6.45, 7) is 0.405. The van der Waals surface area contributed by atoms with E-state index >= 15 is 0 Å². The second-order valence-electron chi connectivity index (χ2n) is 4.60. The summed E-state index contributed by atoms with van der Waals surface area (Å²) in [5.41, 5.74) is -2.03. The average Bonchev–Trinajstić information content (AvgIpc) is 2.46. The van der Waals surface area contributed by atoms with Crippen molar-refractivity contribution in [1.29, 1.82) is 0 Å². The fraction of sp³-hybridized carbons (Fsp3) is 0.462. The summed E-state index contributed by atoms with van der Waals surface area (Å²) >= 11 is 0. The summed E-state index contributed by atoms with van der Waals surface area (Å²) in [5.74, 6) is -4.01. The van der Waals surface area contributed by atoms with Crippen molar-refractivity contribution in [3.63, 3.8) is 0 Å². The number of hydrogen-bond donors (Lipinski definition) is 0. The summed E-state index contributed by atoms with van der Waals surface area (Å²) in [5, 5.41) is 10.6. The van der Waals surface area contributed by atoms with Gasteiger partial charge >= 0.3 is 11.7 Å². The molecule has 1 saturated heterocycles. The van der Waals surface area contributed by atoms with Gasteiger partial charge in [-0.2, -0.15) is 4.39 Å². The van der Waals surface area contributed by atoms with E-state index in [1.807, 2.05) is 0 Å². The molecule has 0 amide bonds. The van der Waals surface area contributed by atoms with E-state index < -0.39 is 33.8 Å². The second kappa shape index (κ2) is 6.57.